The number of fused-ring (bicyclic) bond motifs is 1. The Morgan fingerprint density at radius 1 is 1.23 bits per heavy atom. The summed E-state index contributed by atoms with van der Waals surface area (Å²) in [5.41, 5.74) is 2.87. The fourth-order valence-electron chi connectivity index (χ4n) is 3.70. The van der Waals surface area contributed by atoms with E-state index >= 15 is 0 Å². The third kappa shape index (κ3) is 4.37. The van der Waals surface area contributed by atoms with E-state index < -0.39 is 5.60 Å². The molecular formula is C21H31NO4. The summed E-state index contributed by atoms with van der Waals surface area (Å²) in [5, 5.41) is 0. The Bertz CT molecular complexity index is 662. The maximum absolute atomic E-state index is 13.0. The predicted molar refractivity (Wildman–Crippen MR) is 101 cm³/mol. The smallest absolute Gasteiger partial charge is 0.411 e. The molecule has 1 aliphatic rings. The van der Waals surface area contributed by atoms with Gasteiger partial charge in [0.25, 0.3) is 0 Å². The van der Waals surface area contributed by atoms with Crippen molar-refractivity contribution in [1.82, 2.24) is 4.90 Å². The Labute approximate surface area is 156 Å². The number of methoxy groups -OCH3 is 1. The number of aryl methyl sites for hydroxylation is 1. The number of hydrogen-bond acceptors (Lipinski definition) is 4. The van der Waals surface area contributed by atoms with Crippen molar-refractivity contribution in [3.63, 3.8) is 0 Å². The summed E-state index contributed by atoms with van der Waals surface area (Å²) in [5.74, 6) is -0.322. The molecule has 0 N–H and O–H groups in total. The molecule has 0 fully saturated rings. The highest BCUT2D eigenvalue weighted by molar-refractivity contribution is 5.75. The van der Waals surface area contributed by atoms with Crippen molar-refractivity contribution in [3.05, 3.63) is 34.9 Å². The van der Waals surface area contributed by atoms with Crippen molar-refractivity contribution < 1.29 is 19.1 Å². The summed E-state index contributed by atoms with van der Waals surface area (Å²) < 4.78 is 10.6. The molecule has 1 aromatic rings. The molecule has 2 atom stereocenters. The van der Waals surface area contributed by atoms with Gasteiger partial charge in [0.15, 0.2) is 0 Å². The molecule has 144 valence electrons. The van der Waals surface area contributed by atoms with Crippen LogP contribution in [0.5, 0.6) is 0 Å². The van der Waals surface area contributed by atoms with E-state index in [1.54, 1.807) is 4.90 Å². The molecule has 1 aromatic carbocycles. The summed E-state index contributed by atoms with van der Waals surface area (Å²) >= 11 is 0. The number of esters is 1. The third-order valence-corrected chi connectivity index (χ3v) is 4.85. The maximum Gasteiger partial charge on any atom is 0.411 e. The average Bonchev–Trinajstić information content (AvgIpc) is 2.58. The zero-order chi connectivity index (χ0) is 19.5. The molecule has 1 aliphatic heterocycles. The van der Waals surface area contributed by atoms with Crippen LogP contribution in [-0.2, 0) is 27.1 Å². The highest BCUT2D eigenvalue weighted by atomic mass is 16.6. The summed E-state index contributed by atoms with van der Waals surface area (Å²) in [4.78, 5) is 26.9. The zero-order valence-corrected chi connectivity index (χ0v) is 16.8. The highest BCUT2D eigenvalue weighted by Gasteiger charge is 2.40. The predicted octanol–water partition coefficient (Wildman–Crippen LogP) is 4.43. The van der Waals surface area contributed by atoms with Crippen molar-refractivity contribution in [2.75, 3.05) is 7.11 Å². The van der Waals surface area contributed by atoms with E-state index in [0.29, 0.717) is 0 Å². The van der Waals surface area contributed by atoms with Gasteiger partial charge in [-0.15, -0.1) is 0 Å². The topological polar surface area (TPSA) is 55.8 Å². The van der Waals surface area contributed by atoms with Crippen LogP contribution >= 0.6 is 0 Å². The molecule has 0 bridgehead atoms. The Kier molecular flexibility index (Phi) is 6.32. The monoisotopic (exact) mass is 361 g/mol. The van der Waals surface area contributed by atoms with Crippen LogP contribution in [0.4, 0.5) is 4.79 Å². The lowest BCUT2D eigenvalue weighted by Gasteiger charge is -2.43. The van der Waals surface area contributed by atoms with Gasteiger partial charge in [0, 0.05) is 6.04 Å². The van der Waals surface area contributed by atoms with E-state index in [4.69, 9.17) is 9.47 Å². The normalized spacial score (nSPS) is 19.7. The Balaban J connectivity index is 2.54. The number of benzene rings is 1. The Morgan fingerprint density at radius 2 is 1.92 bits per heavy atom. The van der Waals surface area contributed by atoms with E-state index in [9.17, 15) is 9.59 Å². The minimum Gasteiger partial charge on any atom is -0.469 e. The summed E-state index contributed by atoms with van der Waals surface area (Å²) in [6.07, 6.45) is 2.19. The first kappa shape index (κ1) is 20.3. The molecule has 1 heterocycles. The number of carbonyl (C=O) groups excluding carboxylic acids is 2. The van der Waals surface area contributed by atoms with Crippen molar-refractivity contribution in [1.29, 1.82) is 0 Å². The lowest BCUT2D eigenvalue weighted by Crippen LogP contribution is -2.49. The summed E-state index contributed by atoms with van der Waals surface area (Å²) in [6, 6.07) is 5.88. The van der Waals surface area contributed by atoms with Gasteiger partial charge in [0.1, 0.15) is 5.60 Å². The molecule has 0 radical (unpaired) electrons. The van der Waals surface area contributed by atoms with Crippen LogP contribution in [0.25, 0.3) is 0 Å². The number of nitrogens with zero attached hydrogens (tertiary/aromatic N) is 1. The van der Waals surface area contributed by atoms with Crippen molar-refractivity contribution in [2.45, 2.75) is 78.0 Å². The summed E-state index contributed by atoms with van der Waals surface area (Å²) in [7, 11) is 1.38. The van der Waals surface area contributed by atoms with E-state index in [1.807, 2.05) is 20.8 Å². The fourth-order valence-corrected chi connectivity index (χ4v) is 3.70. The molecule has 5 nitrogen and oxygen atoms in total. The minimum atomic E-state index is -0.588. The number of hydrogen-bond donors (Lipinski definition) is 0. The number of carbonyl (C=O) groups is 2. The fraction of sp³-hybridized carbons (Fsp3) is 0.619. The van der Waals surface area contributed by atoms with Gasteiger partial charge in [-0.2, -0.15) is 0 Å². The second-order valence-corrected chi connectivity index (χ2v) is 7.79. The van der Waals surface area contributed by atoms with Crippen LogP contribution < -0.4 is 0 Å². The van der Waals surface area contributed by atoms with Crippen molar-refractivity contribution >= 4 is 12.1 Å². The lowest BCUT2D eigenvalue weighted by molar-refractivity contribution is -0.142. The molecular weight excluding hydrogens is 330 g/mol. The lowest BCUT2D eigenvalue weighted by atomic mass is 9.82. The molecule has 1 amide bonds. The van der Waals surface area contributed by atoms with Gasteiger partial charge in [0.2, 0.25) is 0 Å². The second-order valence-electron chi connectivity index (χ2n) is 7.79. The van der Waals surface area contributed by atoms with Crippen molar-refractivity contribution in [3.8, 4) is 0 Å². The zero-order valence-electron chi connectivity index (χ0n) is 16.8. The van der Waals surface area contributed by atoms with Crippen LogP contribution in [0, 0.1) is 0 Å². The van der Waals surface area contributed by atoms with Gasteiger partial charge in [0.05, 0.1) is 19.6 Å². The standard InChI is InChI=1S/C21H31NO4/c1-7-14-10-9-11-15-12-16(8-2)22(20(24)26-21(3,4)5)17(19(14)15)13-18(23)25-6/h9-11,16-17H,7-8,12-13H2,1-6H3/t16-,17-/m1/s1. The first-order chi connectivity index (χ1) is 12.2. The Hall–Kier alpha value is -2.04. The number of rotatable bonds is 4. The van der Waals surface area contributed by atoms with E-state index in [-0.39, 0.29) is 30.6 Å². The number of amides is 1. The van der Waals surface area contributed by atoms with E-state index in [0.717, 1.165) is 24.8 Å². The molecule has 2 rings (SSSR count). The highest BCUT2D eigenvalue weighted by Crippen LogP contribution is 2.39. The first-order valence-electron chi connectivity index (χ1n) is 9.40. The minimum absolute atomic E-state index is 0.000822. The average molecular weight is 361 g/mol. The van der Waals surface area contributed by atoms with Gasteiger partial charge >= 0.3 is 12.1 Å². The SMILES string of the molecule is CCc1cccc2c1[C@@H](CC(=O)OC)N(C(=O)OC(C)(C)C)[C@H](CC)C2. The van der Waals surface area contributed by atoms with E-state index in [2.05, 4.69) is 32.0 Å². The largest absolute Gasteiger partial charge is 0.469 e. The van der Waals surface area contributed by atoms with Gasteiger partial charge in [-0.1, -0.05) is 32.0 Å². The molecule has 0 spiro atoms. The maximum atomic E-state index is 13.0. The van der Waals surface area contributed by atoms with Gasteiger partial charge in [-0.3, -0.25) is 9.69 Å². The molecule has 0 saturated heterocycles. The van der Waals surface area contributed by atoms with Crippen molar-refractivity contribution in [2.24, 2.45) is 0 Å². The Morgan fingerprint density at radius 3 is 2.46 bits per heavy atom. The third-order valence-electron chi connectivity index (χ3n) is 4.85. The second kappa shape index (κ2) is 8.11. The van der Waals surface area contributed by atoms with Crippen LogP contribution in [0.1, 0.15) is 70.2 Å². The van der Waals surface area contributed by atoms with Crippen LogP contribution in [-0.4, -0.2) is 35.7 Å². The first-order valence-corrected chi connectivity index (χ1v) is 9.40. The molecule has 0 aliphatic carbocycles. The molecule has 0 saturated carbocycles. The van der Waals surface area contributed by atoms with Gasteiger partial charge < -0.3 is 9.47 Å². The van der Waals surface area contributed by atoms with E-state index in [1.165, 1.54) is 18.2 Å². The molecule has 5 heteroatoms. The molecule has 0 unspecified atom stereocenters. The quantitative estimate of drug-likeness (QED) is 0.745. The molecule has 0 aromatic heterocycles. The van der Waals surface area contributed by atoms with Crippen LogP contribution in [0.15, 0.2) is 18.2 Å². The summed E-state index contributed by atoms with van der Waals surface area (Å²) in [6.45, 7) is 9.73. The number of ether oxygens (including phenoxy) is 2. The van der Waals surface area contributed by atoms with Crippen LogP contribution in [0.3, 0.4) is 0 Å². The molecule has 26 heavy (non-hydrogen) atoms. The van der Waals surface area contributed by atoms with Gasteiger partial charge in [-0.25, -0.2) is 4.79 Å². The van der Waals surface area contributed by atoms with Gasteiger partial charge in [-0.05, 0) is 56.7 Å². The van der Waals surface area contributed by atoms with Crippen LogP contribution in [0.2, 0.25) is 0 Å².